The first-order valence-electron chi connectivity index (χ1n) is 6.31. The Morgan fingerprint density at radius 2 is 1.82 bits per heavy atom. The lowest BCUT2D eigenvalue weighted by Gasteiger charge is -2.32. The van der Waals surface area contributed by atoms with Gasteiger partial charge in [0.25, 0.3) is 0 Å². The van der Waals surface area contributed by atoms with Crippen LogP contribution in [-0.2, 0) is 0 Å². The zero-order chi connectivity index (χ0) is 12.8. The second kappa shape index (κ2) is 7.00. The van der Waals surface area contributed by atoms with Crippen molar-refractivity contribution < 1.29 is 0 Å². The summed E-state index contributed by atoms with van der Waals surface area (Å²) in [6.07, 6.45) is 2.11. The number of likely N-dealkylation sites (N-methyl/N-ethyl adjacent to an activating group) is 1. The molecule has 0 aliphatic heterocycles. The summed E-state index contributed by atoms with van der Waals surface area (Å²) in [7, 11) is 2.14. The van der Waals surface area contributed by atoms with Crippen molar-refractivity contribution in [2.75, 3.05) is 13.6 Å². The van der Waals surface area contributed by atoms with Crippen LogP contribution in [0.1, 0.15) is 38.3 Å². The lowest BCUT2D eigenvalue weighted by atomic mass is 9.96. The zero-order valence-electron chi connectivity index (χ0n) is 11.0. The molecular weight excluding hydrogens is 232 g/mol. The molecular formula is C14H23ClN2. The van der Waals surface area contributed by atoms with Crippen LogP contribution in [0.2, 0.25) is 5.02 Å². The molecule has 0 spiro atoms. The van der Waals surface area contributed by atoms with E-state index in [0.717, 1.165) is 24.4 Å². The fraction of sp³-hybridized carbons (Fsp3) is 0.571. The van der Waals surface area contributed by atoms with E-state index in [1.165, 1.54) is 5.56 Å². The molecule has 3 heteroatoms. The molecule has 0 saturated carbocycles. The fourth-order valence-corrected chi connectivity index (χ4v) is 2.33. The van der Waals surface area contributed by atoms with Crippen molar-refractivity contribution in [3.63, 3.8) is 0 Å². The SMILES string of the molecule is CCCN(C)C(c1ccc(Cl)cc1)C(N)CC. The van der Waals surface area contributed by atoms with Gasteiger partial charge >= 0.3 is 0 Å². The maximum Gasteiger partial charge on any atom is 0.0496 e. The molecule has 0 heterocycles. The quantitative estimate of drug-likeness (QED) is 0.843. The maximum atomic E-state index is 6.24. The highest BCUT2D eigenvalue weighted by atomic mass is 35.5. The van der Waals surface area contributed by atoms with Gasteiger partial charge in [0.05, 0.1) is 0 Å². The summed E-state index contributed by atoms with van der Waals surface area (Å²) in [6, 6.07) is 8.46. The Kier molecular flexibility index (Phi) is 5.96. The molecule has 0 radical (unpaired) electrons. The Hall–Kier alpha value is -0.570. The first-order valence-corrected chi connectivity index (χ1v) is 6.69. The second-order valence-corrected chi connectivity index (χ2v) is 4.99. The van der Waals surface area contributed by atoms with Crippen LogP contribution in [0.5, 0.6) is 0 Å². The summed E-state index contributed by atoms with van der Waals surface area (Å²) in [5.41, 5.74) is 7.49. The summed E-state index contributed by atoms with van der Waals surface area (Å²) in [4.78, 5) is 2.33. The predicted octanol–water partition coefficient (Wildman–Crippen LogP) is 3.46. The molecule has 0 saturated heterocycles. The first kappa shape index (κ1) is 14.5. The van der Waals surface area contributed by atoms with Crippen molar-refractivity contribution in [3.05, 3.63) is 34.9 Å². The van der Waals surface area contributed by atoms with E-state index < -0.39 is 0 Å². The molecule has 0 bridgehead atoms. The van der Waals surface area contributed by atoms with Crippen molar-refractivity contribution in [2.45, 2.75) is 38.8 Å². The van der Waals surface area contributed by atoms with E-state index in [1.807, 2.05) is 12.1 Å². The summed E-state index contributed by atoms with van der Waals surface area (Å²) in [6.45, 7) is 5.38. The highest BCUT2D eigenvalue weighted by Gasteiger charge is 2.22. The van der Waals surface area contributed by atoms with Gasteiger partial charge in [-0.3, -0.25) is 4.90 Å². The van der Waals surface area contributed by atoms with Crippen LogP contribution in [0.25, 0.3) is 0 Å². The van der Waals surface area contributed by atoms with Gasteiger partial charge < -0.3 is 5.73 Å². The van der Waals surface area contributed by atoms with Gasteiger partial charge in [0.1, 0.15) is 0 Å². The summed E-state index contributed by atoms with van der Waals surface area (Å²) in [5.74, 6) is 0. The number of rotatable bonds is 6. The number of hydrogen-bond acceptors (Lipinski definition) is 2. The second-order valence-electron chi connectivity index (χ2n) is 4.55. The Labute approximate surface area is 110 Å². The van der Waals surface area contributed by atoms with Gasteiger partial charge in [0.15, 0.2) is 0 Å². The molecule has 0 aliphatic carbocycles. The number of benzene rings is 1. The van der Waals surface area contributed by atoms with Crippen molar-refractivity contribution in [3.8, 4) is 0 Å². The van der Waals surface area contributed by atoms with E-state index >= 15 is 0 Å². The molecule has 2 N–H and O–H groups in total. The fourth-order valence-electron chi connectivity index (χ4n) is 2.20. The van der Waals surface area contributed by atoms with Crippen molar-refractivity contribution in [2.24, 2.45) is 5.73 Å². The highest BCUT2D eigenvalue weighted by Crippen LogP contribution is 2.25. The number of nitrogens with two attached hydrogens (primary N) is 1. The molecule has 1 aromatic carbocycles. The summed E-state index contributed by atoms with van der Waals surface area (Å²) in [5, 5.41) is 0.774. The van der Waals surface area contributed by atoms with Crippen LogP contribution < -0.4 is 5.73 Å². The van der Waals surface area contributed by atoms with Crippen LogP contribution in [0, 0.1) is 0 Å². The molecule has 0 aliphatic rings. The van der Waals surface area contributed by atoms with E-state index in [4.69, 9.17) is 17.3 Å². The molecule has 2 nitrogen and oxygen atoms in total. The van der Waals surface area contributed by atoms with Crippen molar-refractivity contribution in [1.82, 2.24) is 4.90 Å². The maximum absolute atomic E-state index is 6.24. The third-order valence-corrected chi connectivity index (χ3v) is 3.39. The van der Waals surface area contributed by atoms with Gasteiger partial charge in [0, 0.05) is 17.1 Å². The lowest BCUT2D eigenvalue weighted by molar-refractivity contribution is 0.210. The van der Waals surface area contributed by atoms with E-state index in [2.05, 4.69) is 37.9 Å². The van der Waals surface area contributed by atoms with Crippen molar-refractivity contribution in [1.29, 1.82) is 0 Å². The topological polar surface area (TPSA) is 29.3 Å². The average molecular weight is 255 g/mol. The van der Waals surface area contributed by atoms with Gasteiger partial charge in [-0.1, -0.05) is 37.6 Å². The molecule has 1 rings (SSSR count). The molecule has 1 aromatic rings. The van der Waals surface area contributed by atoms with E-state index in [1.54, 1.807) is 0 Å². The smallest absolute Gasteiger partial charge is 0.0496 e. The Balaban J connectivity index is 2.93. The molecule has 2 atom stereocenters. The van der Waals surface area contributed by atoms with Gasteiger partial charge in [-0.25, -0.2) is 0 Å². The molecule has 0 fully saturated rings. The molecule has 96 valence electrons. The largest absolute Gasteiger partial charge is 0.326 e. The molecule has 2 unspecified atom stereocenters. The predicted molar refractivity (Wildman–Crippen MR) is 75.4 cm³/mol. The van der Waals surface area contributed by atoms with Crippen LogP contribution in [0.3, 0.4) is 0 Å². The third-order valence-electron chi connectivity index (χ3n) is 3.14. The minimum atomic E-state index is 0.160. The van der Waals surface area contributed by atoms with E-state index in [9.17, 15) is 0 Å². The summed E-state index contributed by atoms with van der Waals surface area (Å²) >= 11 is 5.93. The van der Waals surface area contributed by atoms with Gasteiger partial charge in [0.2, 0.25) is 0 Å². The lowest BCUT2D eigenvalue weighted by Crippen LogP contribution is -2.39. The molecule has 0 amide bonds. The standard InChI is InChI=1S/C14H23ClN2/c1-4-10-17(3)14(13(16)5-2)11-6-8-12(15)9-7-11/h6-9,13-14H,4-5,10,16H2,1-3H3. The third kappa shape index (κ3) is 3.98. The number of hydrogen-bond donors (Lipinski definition) is 1. The minimum absolute atomic E-state index is 0.160. The minimum Gasteiger partial charge on any atom is -0.326 e. The highest BCUT2D eigenvalue weighted by molar-refractivity contribution is 6.30. The Morgan fingerprint density at radius 1 is 1.24 bits per heavy atom. The Bertz CT molecular complexity index is 323. The van der Waals surface area contributed by atoms with Crippen LogP contribution in [0.4, 0.5) is 0 Å². The van der Waals surface area contributed by atoms with Gasteiger partial charge in [-0.05, 0) is 44.1 Å². The van der Waals surface area contributed by atoms with Crippen LogP contribution in [-0.4, -0.2) is 24.5 Å². The van der Waals surface area contributed by atoms with Gasteiger partial charge in [-0.15, -0.1) is 0 Å². The van der Waals surface area contributed by atoms with Crippen LogP contribution >= 0.6 is 11.6 Å². The monoisotopic (exact) mass is 254 g/mol. The zero-order valence-corrected chi connectivity index (χ0v) is 11.7. The molecule has 0 aromatic heterocycles. The van der Waals surface area contributed by atoms with E-state index in [-0.39, 0.29) is 12.1 Å². The first-order chi connectivity index (χ1) is 8.10. The number of halogens is 1. The summed E-state index contributed by atoms with van der Waals surface area (Å²) < 4.78 is 0. The molecule has 17 heavy (non-hydrogen) atoms. The van der Waals surface area contributed by atoms with Gasteiger partial charge in [-0.2, -0.15) is 0 Å². The van der Waals surface area contributed by atoms with Crippen LogP contribution in [0.15, 0.2) is 24.3 Å². The van der Waals surface area contributed by atoms with Crippen molar-refractivity contribution >= 4 is 11.6 Å². The normalized spacial score (nSPS) is 14.9. The Morgan fingerprint density at radius 3 is 2.29 bits per heavy atom. The number of nitrogens with zero attached hydrogens (tertiary/aromatic N) is 1. The average Bonchev–Trinajstić information content (AvgIpc) is 2.32. The van der Waals surface area contributed by atoms with E-state index in [0.29, 0.717) is 0 Å².